The number of hydrogen-bond donors (Lipinski definition) is 1. The van der Waals surface area contributed by atoms with Gasteiger partial charge < -0.3 is 14.5 Å². The van der Waals surface area contributed by atoms with E-state index < -0.39 is 18.0 Å². The summed E-state index contributed by atoms with van der Waals surface area (Å²) in [5.74, 6) is -1.09. The minimum atomic E-state index is -0.983. The molecule has 1 N–H and O–H groups in total. The van der Waals surface area contributed by atoms with Crippen molar-refractivity contribution in [1.82, 2.24) is 9.97 Å². The zero-order chi connectivity index (χ0) is 18.5. The van der Waals surface area contributed by atoms with E-state index >= 15 is 0 Å². The maximum atomic E-state index is 12.1. The van der Waals surface area contributed by atoms with Gasteiger partial charge in [0, 0.05) is 6.20 Å². The third kappa shape index (κ3) is 4.53. The van der Waals surface area contributed by atoms with Crippen LogP contribution in [-0.2, 0) is 14.3 Å². The number of fused-ring (bicyclic) bond motifs is 1. The molecule has 0 saturated carbocycles. The van der Waals surface area contributed by atoms with E-state index in [4.69, 9.17) is 20.8 Å². The van der Waals surface area contributed by atoms with Crippen molar-refractivity contribution < 1.29 is 18.7 Å². The van der Waals surface area contributed by atoms with E-state index in [1.807, 2.05) is 18.2 Å². The number of amides is 1. The predicted molar refractivity (Wildman–Crippen MR) is 98.2 cm³/mol. The third-order valence-corrected chi connectivity index (χ3v) is 4.38. The largest absolute Gasteiger partial charge is 0.452 e. The van der Waals surface area contributed by atoms with E-state index in [1.54, 1.807) is 18.2 Å². The van der Waals surface area contributed by atoms with E-state index in [1.165, 1.54) is 13.1 Å². The fraction of sp³-hybridized carbons (Fsp3) is 0.176. The molecule has 1 atom stereocenters. The minimum Gasteiger partial charge on any atom is -0.452 e. The van der Waals surface area contributed by atoms with Crippen LogP contribution >= 0.6 is 23.4 Å². The Bertz CT molecular complexity index is 913. The summed E-state index contributed by atoms with van der Waals surface area (Å²) in [6.45, 7) is 1.47. The van der Waals surface area contributed by atoms with Gasteiger partial charge in [0.25, 0.3) is 11.1 Å². The molecular formula is C17H14ClN3O4S. The maximum absolute atomic E-state index is 12.1. The smallest absolute Gasteiger partial charge is 0.317 e. The van der Waals surface area contributed by atoms with Crippen LogP contribution in [0.15, 0.2) is 52.2 Å². The first-order chi connectivity index (χ1) is 12.5. The molecule has 0 radical (unpaired) electrons. The molecule has 1 amide bonds. The molecule has 1 aromatic carbocycles. The average Bonchev–Trinajstić information content (AvgIpc) is 3.05. The fourth-order valence-corrected chi connectivity index (χ4v) is 2.82. The molecule has 7 nitrogen and oxygen atoms in total. The van der Waals surface area contributed by atoms with Gasteiger partial charge in [0.2, 0.25) is 0 Å². The number of thioether (sulfide) groups is 1. The highest BCUT2D eigenvalue weighted by Gasteiger charge is 2.19. The van der Waals surface area contributed by atoms with Crippen LogP contribution < -0.4 is 5.32 Å². The molecule has 0 bridgehead atoms. The minimum absolute atomic E-state index is 0.0297. The van der Waals surface area contributed by atoms with Crippen molar-refractivity contribution in [3.63, 3.8) is 0 Å². The maximum Gasteiger partial charge on any atom is 0.317 e. The van der Waals surface area contributed by atoms with Gasteiger partial charge in [-0.05, 0) is 31.2 Å². The van der Waals surface area contributed by atoms with Gasteiger partial charge >= 0.3 is 5.97 Å². The molecule has 0 fully saturated rings. The van der Waals surface area contributed by atoms with E-state index in [0.29, 0.717) is 22.0 Å². The number of aromatic nitrogens is 2. The first-order valence-electron chi connectivity index (χ1n) is 7.62. The number of oxazole rings is 1. The Morgan fingerprint density at radius 3 is 2.88 bits per heavy atom. The summed E-state index contributed by atoms with van der Waals surface area (Å²) in [7, 11) is 0. The number of anilines is 1. The molecule has 0 aliphatic heterocycles. The van der Waals surface area contributed by atoms with Crippen molar-refractivity contribution >= 4 is 52.0 Å². The highest BCUT2D eigenvalue weighted by molar-refractivity contribution is 7.99. The van der Waals surface area contributed by atoms with Crippen LogP contribution in [0.4, 0.5) is 5.69 Å². The van der Waals surface area contributed by atoms with Crippen LogP contribution in [0.25, 0.3) is 11.1 Å². The van der Waals surface area contributed by atoms with Gasteiger partial charge in [0.05, 0.1) is 5.69 Å². The Morgan fingerprint density at radius 2 is 2.12 bits per heavy atom. The number of carbonyl (C=O) groups excluding carboxylic acids is 2. The number of benzene rings is 1. The molecule has 0 saturated heterocycles. The standard InChI is InChI=1S/C17H14ClN3O4S/c1-10(16(23)20-12-6-4-8-19-15(12)18)24-14(22)9-26-17-21-11-5-2-3-7-13(11)25-17/h2-8,10H,9H2,1H3,(H,20,23)/t10-/m0/s1. The number of ether oxygens (including phenoxy) is 1. The summed E-state index contributed by atoms with van der Waals surface area (Å²) in [5.41, 5.74) is 1.71. The van der Waals surface area contributed by atoms with Crippen molar-refractivity contribution in [2.24, 2.45) is 0 Å². The van der Waals surface area contributed by atoms with E-state index in [-0.39, 0.29) is 10.9 Å². The van der Waals surface area contributed by atoms with E-state index in [2.05, 4.69) is 15.3 Å². The van der Waals surface area contributed by atoms with E-state index in [0.717, 1.165) is 11.8 Å². The lowest BCUT2D eigenvalue weighted by atomic mass is 10.3. The molecule has 0 unspecified atom stereocenters. The van der Waals surface area contributed by atoms with Crippen LogP contribution in [-0.4, -0.2) is 33.7 Å². The summed E-state index contributed by atoms with van der Waals surface area (Å²) in [6, 6.07) is 10.5. The monoisotopic (exact) mass is 391 g/mol. The molecular weight excluding hydrogens is 378 g/mol. The highest BCUT2D eigenvalue weighted by atomic mass is 35.5. The van der Waals surface area contributed by atoms with Gasteiger partial charge in [-0.15, -0.1) is 0 Å². The van der Waals surface area contributed by atoms with Gasteiger partial charge in [-0.1, -0.05) is 35.5 Å². The first-order valence-corrected chi connectivity index (χ1v) is 8.98. The van der Waals surface area contributed by atoms with Gasteiger partial charge in [-0.2, -0.15) is 0 Å². The molecule has 2 aromatic heterocycles. The normalized spacial score (nSPS) is 11.9. The van der Waals surface area contributed by atoms with Crippen molar-refractivity contribution in [3.05, 3.63) is 47.7 Å². The number of carbonyl (C=O) groups is 2. The quantitative estimate of drug-likeness (QED) is 0.390. The number of nitrogens with zero attached hydrogens (tertiary/aromatic N) is 2. The second-order valence-electron chi connectivity index (χ2n) is 5.20. The van der Waals surface area contributed by atoms with Crippen molar-refractivity contribution in [2.75, 3.05) is 11.1 Å². The number of halogens is 1. The molecule has 26 heavy (non-hydrogen) atoms. The number of esters is 1. The lowest BCUT2D eigenvalue weighted by Crippen LogP contribution is -2.30. The number of para-hydroxylation sites is 2. The second kappa shape index (κ2) is 8.20. The Morgan fingerprint density at radius 1 is 1.31 bits per heavy atom. The van der Waals surface area contributed by atoms with Crippen molar-refractivity contribution in [1.29, 1.82) is 0 Å². The number of nitrogens with one attached hydrogen (secondary N) is 1. The van der Waals surface area contributed by atoms with Gasteiger partial charge in [-0.25, -0.2) is 9.97 Å². The summed E-state index contributed by atoms with van der Waals surface area (Å²) >= 11 is 6.97. The topological polar surface area (TPSA) is 94.3 Å². The molecule has 0 aliphatic rings. The molecule has 134 valence electrons. The van der Waals surface area contributed by atoms with Gasteiger partial charge in [0.1, 0.15) is 11.3 Å². The van der Waals surface area contributed by atoms with Gasteiger partial charge in [0.15, 0.2) is 16.8 Å². The zero-order valence-corrected chi connectivity index (χ0v) is 15.2. The van der Waals surface area contributed by atoms with Crippen molar-refractivity contribution in [3.8, 4) is 0 Å². The Kier molecular flexibility index (Phi) is 5.75. The average molecular weight is 392 g/mol. The van der Waals surface area contributed by atoms with Crippen LogP contribution in [0.1, 0.15) is 6.92 Å². The molecule has 3 aromatic rings. The van der Waals surface area contributed by atoms with Crippen LogP contribution in [0.2, 0.25) is 5.15 Å². The zero-order valence-electron chi connectivity index (χ0n) is 13.6. The summed E-state index contributed by atoms with van der Waals surface area (Å²) < 4.78 is 10.6. The Hall–Kier alpha value is -2.58. The Labute approximate surface area is 158 Å². The molecule has 3 rings (SSSR count). The highest BCUT2D eigenvalue weighted by Crippen LogP contribution is 2.23. The lowest BCUT2D eigenvalue weighted by molar-refractivity contribution is -0.150. The summed E-state index contributed by atoms with van der Waals surface area (Å²) in [4.78, 5) is 32.1. The fourth-order valence-electron chi connectivity index (χ4n) is 2.03. The first kappa shape index (κ1) is 18.2. The van der Waals surface area contributed by atoms with Crippen molar-refractivity contribution in [2.45, 2.75) is 18.3 Å². The predicted octanol–water partition coefficient (Wildman–Crippen LogP) is 3.54. The van der Waals surface area contributed by atoms with E-state index in [9.17, 15) is 9.59 Å². The number of rotatable bonds is 6. The number of hydrogen-bond acceptors (Lipinski definition) is 7. The molecule has 2 heterocycles. The SMILES string of the molecule is C[C@H](OC(=O)CSc1nc2ccccc2o1)C(=O)Nc1cccnc1Cl. The molecule has 9 heteroatoms. The van der Waals surface area contributed by atoms with Crippen LogP contribution in [0.5, 0.6) is 0 Å². The van der Waals surface area contributed by atoms with Gasteiger partial charge in [-0.3, -0.25) is 9.59 Å². The van der Waals surface area contributed by atoms with Crippen LogP contribution in [0.3, 0.4) is 0 Å². The van der Waals surface area contributed by atoms with Crippen LogP contribution in [0, 0.1) is 0 Å². The number of pyridine rings is 1. The second-order valence-corrected chi connectivity index (χ2v) is 6.48. The summed E-state index contributed by atoms with van der Waals surface area (Å²) in [5, 5.41) is 3.08. The molecule has 0 spiro atoms. The Balaban J connectivity index is 1.50. The summed E-state index contributed by atoms with van der Waals surface area (Å²) in [6.07, 6.45) is 0.521. The third-order valence-electron chi connectivity index (χ3n) is 3.28. The molecule has 0 aliphatic carbocycles. The lowest BCUT2D eigenvalue weighted by Gasteiger charge is -2.13.